The fourth-order valence-electron chi connectivity index (χ4n) is 3.23. The largest absolute Gasteiger partial charge is 0.389 e. The van der Waals surface area contributed by atoms with Gasteiger partial charge in [0.05, 0.1) is 0 Å². The van der Waals surface area contributed by atoms with Gasteiger partial charge in [0.1, 0.15) is 12.3 Å². The number of aliphatic hydroxyl groups is 1. The van der Waals surface area contributed by atoms with Crippen molar-refractivity contribution in [2.75, 3.05) is 13.2 Å². The molecule has 2 heterocycles. The molecule has 1 aliphatic carbocycles. The fourth-order valence-corrected chi connectivity index (χ4v) is 5.16. The summed E-state index contributed by atoms with van der Waals surface area (Å²) in [5.41, 5.74) is 0.532. The molecule has 2 aromatic heterocycles. The number of nitrogens with zero attached hydrogens (tertiary/aromatic N) is 2. The van der Waals surface area contributed by atoms with Crippen molar-refractivity contribution < 1.29 is 14.7 Å². The van der Waals surface area contributed by atoms with Gasteiger partial charge in [0.15, 0.2) is 15.8 Å². The van der Waals surface area contributed by atoms with E-state index in [1.165, 1.54) is 11.3 Å². The molecule has 2 aromatic rings. The third kappa shape index (κ3) is 5.00. The van der Waals surface area contributed by atoms with Gasteiger partial charge in [0, 0.05) is 29.4 Å². The lowest BCUT2D eigenvalue weighted by Gasteiger charge is -2.06. The Balaban J connectivity index is 1.66. The standard InChI is InChI=1S/C19H25N3O3S2/c1-11(2)13-9-14(13)16-15(22-19(27-16)18-21-7-8-26-18)17(25)20-6-4-3-5-12(24)10-23/h7-8,11,13-14,23H,3-6,9-10H2,1-2H3,(H,20,25). The number of unbranched alkanes of at least 4 members (excludes halogenated alkanes) is 1. The average Bonchev–Trinajstić information content (AvgIpc) is 3.07. The Hall–Kier alpha value is -1.64. The third-order valence-electron chi connectivity index (χ3n) is 4.86. The molecule has 2 N–H and O–H groups in total. The van der Waals surface area contributed by atoms with Crippen molar-refractivity contribution in [3.8, 4) is 10.0 Å². The zero-order chi connectivity index (χ0) is 19.4. The molecule has 0 saturated heterocycles. The van der Waals surface area contributed by atoms with Crippen LogP contribution in [0.4, 0.5) is 0 Å². The predicted molar refractivity (Wildman–Crippen MR) is 107 cm³/mol. The summed E-state index contributed by atoms with van der Waals surface area (Å²) in [6.45, 7) is 4.54. The number of Topliss-reactive ketones (excluding diaryl/α,β-unsaturated/α-hetero) is 1. The molecule has 0 spiro atoms. The van der Waals surface area contributed by atoms with Crippen LogP contribution in [-0.2, 0) is 4.79 Å². The molecule has 0 aromatic carbocycles. The van der Waals surface area contributed by atoms with Crippen LogP contribution in [0.1, 0.15) is 60.8 Å². The quantitative estimate of drug-likeness (QED) is 0.588. The molecule has 1 aliphatic rings. The van der Waals surface area contributed by atoms with Gasteiger partial charge < -0.3 is 10.4 Å². The molecule has 1 fully saturated rings. The van der Waals surface area contributed by atoms with Crippen molar-refractivity contribution in [3.05, 3.63) is 22.1 Å². The third-order valence-corrected chi connectivity index (χ3v) is 6.96. The van der Waals surface area contributed by atoms with Crippen LogP contribution in [0.2, 0.25) is 0 Å². The van der Waals surface area contributed by atoms with Gasteiger partial charge in [0.2, 0.25) is 0 Å². The predicted octanol–water partition coefficient (Wildman–Crippen LogP) is 3.49. The van der Waals surface area contributed by atoms with Crippen molar-refractivity contribution in [1.29, 1.82) is 0 Å². The second-order valence-corrected chi connectivity index (χ2v) is 9.15. The van der Waals surface area contributed by atoms with Crippen molar-refractivity contribution in [1.82, 2.24) is 15.3 Å². The first-order valence-electron chi connectivity index (χ1n) is 9.32. The number of nitrogens with one attached hydrogen (secondary N) is 1. The second-order valence-electron chi connectivity index (χ2n) is 7.23. The normalized spacial score (nSPS) is 18.7. The van der Waals surface area contributed by atoms with Crippen molar-refractivity contribution in [2.45, 2.75) is 45.4 Å². The van der Waals surface area contributed by atoms with E-state index in [1.54, 1.807) is 17.5 Å². The van der Waals surface area contributed by atoms with Gasteiger partial charge in [0.25, 0.3) is 5.91 Å². The Kier molecular flexibility index (Phi) is 6.73. The van der Waals surface area contributed by atoms with Crippen molar-refractivity contribution in [2.24, 2.45) is 11.8 Å². The highest BCUT2D eigenvalue weighted by atomic mass is 32.1. The number of amides is 1. The van der Waals surface area contributed by atoms with Crippen LogP contribution in [0.3, 0.4) is 0 Å². The molecule has 1 saturated carbocycles. The van der Waals surface area contributed by atoms with Crippen molar-refractivity contribution >= 4 is 34.4 Å². The maximum absolute atomic E-state index is 12.7. The van der Waals surface area contributed by atoms with Crippen LogP contribution in [-0.4, -0.2) is 39.9 Å². The summed E-state index contributed by atoms with van der Waals surface area (Å²) in [6.07, 6.45) is 4.57. The molecule has 2 unspecified atom stereocenters. The summed E-state index contributed by atoms with van der Waals surface area (Å²) in [5, 5.41) is 15.2. The minimum atomic E-state index is -0.410. The second kappa shape index (κ2) is 9.03. The molecule has 0 aliphatic heterocycles. The van der Waals surface area contributed by atoms with Gasteiger partial charge in [-0.25, -0.2) is 9.97 Å². The number of hydrogen-bond donors (Lipinski definition) is 2. The first-order valence-corrected chi connectivity index (χ1v) is 11.0. The molecular weight excluding hydrogens is 382 g/mol. The molecule has 0 bridgehead atoms. The molecule has 2 atom stereocenters. The number of ketones is 1. The highest BCUT2D eigenvalue weighted by molar-refractivity contribution is 7.20. The zero-order valence-electron chi connectivity index (χ0n) is 15.6. The zero-order valence-corrected chi connectivity index (χ0v) is 17.2. The maximum atomic E-state index is 12.7. The molecule has 27 heavy (non-hydrogen) atoms. The van der Waals surface area contributed by atoms with E-state index in [1.807, 2.05) is 5.38 Å². The van der Waals surface area contributed by atoms with E-state index in [0.717, 1.165) is 21.3 Å². The van der Waals surface area contributed by atoms with Gasteiger partial charge in [-0.1, -0.05) is 13.8 Å². The SMILES string of the molecule is CC(C)C1CC1c1sc(-c2nccs2)nc1C(=O)NCCCCC(=O)CO. The number of aliphatic hydroxyl groups excluding tert-OH is 1. The van der Waals surface area contributed by atoms with E-state index < -0.39 is 6.61 Å². The highest BCUT2D eigenvalue weighted by Crippen LogP contribution is 2.54. The van der Waals surface area contributed by atoms with Crippen LogP contribution in [0, 0.1) is 11.8 Å². The molecule has 8 heteroatoms. The van der Waals surface area contributed by atoms with E-state index in [2.05, 4.69) is 29.1 Å². The van der Waals surface area contributed by atoms with Gasteiger partial charge in [-0.15, -0.1) is 22.7 Å². The highest BCUT2D eigenvalue weighted by Gasteiger charge is 2.44. The summed E-state index contributed by atoms with van der Waals surface area (Å²) >= 11 is 3.12. The molecule has 6 nitrogen and oxygen atoms in total. The van der Waals surface area contributed by atoms with Gasteiger partial charge in [-0.3, -0.25) is 9.59 Å². The van der Waals surface area contributed by atoms with Gasteiger partial charge >= 0.3 is 0 Å². The van der Waals surface area contributed by atoms with Crippen LogP contribution >= 0.6 is 22.7 Å². The first kappa shape index (κ1) is 20.1. The summed E-state index contributed by atoms with van der Waals surface area (Å²) in [6, 6.07) is 0. The summed E-state index contributed by atoms with van der Waals surface area (Å²) in [5.74, 6) is 1.32. The maximum Gasteiger partial charge on any atom is 0.271 e. The molecule has 0 radical (unpaired) electrons. The Morgan fingerprint density at radius 2 is 2.15 bits per heavy atom. The molecule has 146 valence electrons. The van der Waals surface area contributed by atoms with Crippen molar-refractivity contribution in [3.63, 3.8) is 0 Å². The first-order chi connectivity index (χ1) is 13.0. The van der Waals surface area contributed by atoms with E-state index in [-0.39, 0.29) is 11.7 Å². The van der Waals surface area contributed by atoms with E-state index in [0.29, 0.717) is 49.3 Å². The summed E-state index contributed by atoms with van der Waals surface area (Å²) in [4.78, 5) is 33.8. The van der Waals surface area contributed by atoms with Crippen LogP contribution in [0.5, 0.6) is 0 Å². The Morgan fingerprint density at radius 1 is 1.33 bits per heavy atom. The monoisotopic (exact) mass is 407 g/mol. The number of hydrogen-bond acceptors (Lipinski definition) is 7. The number of thiazole rings is 2. The van der Waals surface area contributed by atoms with Crippen LogP contribution in [0.25, 0.3) is 10.0 Å². The fraction of sp³-hybridized carbons (Fsp3) is 0.579. The number of aromatic nitrogens is 2. The number of carbonyl (C=O) groups excluding carboxylic acids is 2. The number of carbonyl (C=O) groups is 2. The summed E-state index contributed by atoms with van der Waals surface area (Å²) in [7, 11) is 0. The lowest BCUT2D eigenvalue weighted by atomic mass is 10.1. The minimum Gasteiger partial charge on any atom is -0.389 e. The smallest absolute Gasteiger partial charge is 0.271 e. The van der Waals surface area contributed by atoms with E-state index in [4.69, 9.17) is 5.11 Å². The van der Waals surface area contributed by atoms with Crippen LogP contribution < -0.4 is 5.32 Å². The lowest BCUT2D eigenvalue weighted by molar-refractivity contribution is -0.121. The lowest BCUT2D eigenvalue weighted by Crippen LogP contribution is -2.25. The van der Waals surface area contributed by atoms with Gasteiger partial charge in [-0.2, -0.15) is 0 Å². The Labute approximate surface area is 167 Å². The number of rotatable bonds is 10. The van der Waals surface area contributed by atoms with E-state index >= 15 is 0 Å². The minimum absolute atomic E-state index is 0.146. The van der Waals surface area contributed by atoms with Gasteiger partial charge in [-0.05, 0) is 37.0 Å². The van der Waals surface area contributed by atoms with Crippen LogP contribution in [0.15, 0.2) is 11.6 Å². The molecular formula is C19H25N3O3S2. The summed E-state index contributed by atoms with van der Waals surface area (Å²) < 4.78 is 0. The Morgan fingerprint density at radius 3 is 2.78 bits per heavy atom. The Bertz CT molecular complexity index is 786. The topological polar surface area (TPSA) is 92.2 Å². The van der Waals surface area contributed by atoms with E-state index in [9.17, 15) is 9.59 Å². The average molecular weight is 408 g/mol. The molecule has 1 amide bonds. The molecule has 3 rings (SSSR count).